The Morgan fingerprint density at radius 3 is 2.45 bits per heavy atom. The van der Waals surface area contributed by atoms with E-state index in [1.54, 1.807) is 0 Å². The van der Waals surface area contributed by atoms with Crippen molar-refractivity contribution in [3.05, 3.63) is 50.2 Å². The van der Waals surface area contributed by atoms with Crippen molar-refractivity contribution >= 4 is 35.2 Å². The molecular weight excluding hydrogens is 434 g/mol. The Morgan fingerprint density at radius 2 is 1.90 bits per heavy atom. The normalized spacial score (nSPS) is 12.7. The zero-order chi connectivity index (χ0) is 22.7. The predicted octanol–water partition coefficient (Wildman–Crippen LogP) is 3.98. The molecule has 3 rings (SSSR count). The molecule has 0 radical (unpaired) electrons. The maximum Gasteiger partial charge on any atom is 0.413 e. The van der Waals surface area contributed by atoms with Crippen molar-refractivity contribution in [1.29, 1.82) is 0 Å². The number of rotatable bonds is 8. The second-order valence-corrected chi connectivity index (χ2v) is 7.00. The van der Waals surface area contributed by atoms with Gasteiger partial charge in [-0.05, 0) is 36.5 Å². The summed E-state index contributed by atoms with van der Waals surface area (Å²) >= 11 is 5.91. The predicted molar refractivity (Wildman–Crippen MR) is 108 cm³/mol. The number of carbonyl (C=O) groups excluding carboxylic acids is 1. The molecule has 1 amide bonds. The molecule has 0 aliphatic heterocycles. The Kier molecular flexibility index (Phi) is 6.44. The number of pyridine rings is 1. The molecule has 2 aromatic rings. The molecule has 1 aliphatic carbocycles. The van der Waals surface area contributed by atoms with Gasteiger partial charge in [0.1, 0.15) is 17.6 Å². The number of aromatic nitrogens is 1. The molecule has 31 heavy (non-hydrogen) atoms. The quantitative estimate of drug-likeness (QED) is 0.345. The molecule has 1 heterocycles. The van der Waals surface area contributed by atoms with Crippen LogP contribution in [0.4, 0.5) is 16.3 Å². The average Bonchev–Trinajstić information content (AvgIpc) is 3.56. The van der Waals surface area contributed by atoms with Crippen LogP contribution < -0.4 is 14.8 Å². The van der Waals surface area contributed by atoms with Gasteiger partial charge in [-0.3, -0.25) is 15.4 Å². The standard InChI is InChI=1S/C19H18ClN3O8/c1-29-14-5-10(13(23(27)28)7-15(14)30-2)8-31-19(26)22-17-11(9-3-4-9)6-12(18(24)25)16(20)21-17/h5-7,9H,3-4,8H2,1-2H3,(H,24,25)(H,21,22,26). The number of carbonyl (C=O) groups is 2. The van der Waals surface area contributed by atoms with E-state index in [0.29, 0.717) is 5.56 Å². The van der Waals surface area contributed by atoms with E-state index in [4.69, 9.17) is 25.8 Å². The van der Waals surface area contributed by atoms with Crippen LogP contribution in [0.3, 0.4) is 0 Å². The molecule has 1 fully saturated rings. The number of ether oxygens (including phenoxy) is 3. The Labute approximate surface area is 181 Å². The lowest BCUT2D eigenvalue weighted by Gasteiger charge is -2.13. The van der Waals surface area contributed by atoms with Gasteiger partial charge in [0.2, 0.25) is 0 Å². The van der Waals surface area contributed by atoms with Crippen LogP contribution in [-0.4, -0.2) is 41.3 Å². The molecule has 1 aromatic carbocycles. The zero-order valence-corrected chi connectivity index (χ0v) is 17.3. The number of aromatic carboxylic acids is 1. The minimum Gasteiger partial charge on any atom is -0.493 e. The van der Waals surface area contributed by atoms with Crippen molar-refractivity contribution in [2.45, 2.75) is 25.4 Å². The fraction of sp³-hybridized carbons (Fsp3) is 0.316. The van der Waals surface area contributed by atoms with Crippen molar-refractivity contribution < 1.29 is 33.8 Å². The molecule has 0 unspecified atom stereocenters. The molecule has 11 nitrogen and oxygen atoms in total. The summed E-state index contributed by atoms with van der Waals surface area (Å²) in [6.45, 7) is -0.428. The third-order valence-electron chi connectivity index (χ3n) is 4.61. The Morgan fingerprint density at radius 1 is 1.26 bits per heavy atom. The number of nitro groups is 1. The maximum atomic E-state index is 12.3. The van der Waals surface area contributed by atoms with Gasteiger partial charge in [-0.15, -0.1) is 0 Å². The van der Waals surface area contributed by atoms with Gasteiger partial charge >= 0.3 is 12.1 Å². The number of hydrogen-bond acceptors (Lipinski definition) is 8. The Hall–Kier alpha value is -3.60. The molecule has 1 aromatic heterocycles. The van der Waals surface area contributed by atoms with Crippen molar-refractivity contribution in [2.75, 3.05) is 19.5 Å². The van der Waals surface area contributed by atoms with Crippen LogP contribution >= 0.6 is 11.6 Å². The summed E-state index contributed by atoms with van der Waals surface area (Å²) in [6, 6.07) is 3.90. The summed E-state index contributed by atoms with van der Waals surface area (Å²) in [5.41, 5.74) is 0.155. The first-order chi connectivity index (χ1) is 14.7. The highest BCUT2D eigenvalue weighted by molar-refractivity contribution is 6.32. The Balaban J connectivity index is 1.79. The summed E-state index contributed by atoms with van der Waals surface area (Å²) in [5.74, 6) is -0.682. The molecule has 0 atom stereocenters. The topological polar surface area (TPSA) is 150 Å². The second kappa shape index (κ2) is 9.04. The van der Waals surface area contributed by atoms with Crippen molar-refractivity contribution in [3.63, 3.8) is 0 Å². The number of amides is 1. The smallest absolute Gasteiger partial charge is 0.413 e. The van der Waals surface area contributed by atoms with Gasteiger partial charge in [0.25, 0.3) is 5.69 Å². The number of halogens is 1. The molecule has 12 heteroatoms. The summed E-state index contributed by atoms with van der Waals surface area (Å²) in [6.07, 6.45) is 0.714. The van der Waals surface area contributed by atoms with E-state index in [2.05, 4.69) is 10.3 Å². The fourth-order valence-corrected chi connectivity index (χ4v) is 3.15. The monoisotopic (exact) mass is 451 g/mol. The average molecular weight is 452 g/mol. The van der Waals surface area contributed by atoms with Gasteiger partial charge in [-0.25, -0.2) is 14.6 Å². The van der Waals surface area contributed by atoms with Crippen molar-refractivity contribution in [2.24, 2.45) is 0 Å². The highest BCUT2D eigenvalue weighted by atomic mass is 35.5. The first-order valence-electron chi connectivity index (χ1n) is 9.02. The molecule has 0 spiro atoms. The van der Waals surface area contributed by atoms with E-state index in [0.717, 1.165) is 12.8 Å². The van der Waals surface area contributed by atoms with E-state index in [1.807, 2.05) is 0 Å². The summed E-state index contributed by atoms with van der Waals surface area (Å²) in [4.78, 5) is 38.3. The van der Waals surface area contributed by atoms with E-state index >= 15 is 0 Å². The van der Waals surface area contributed by atoms with Gasteiger partial charge in [-0.2, -0.15) is 0 Å². The number of carboxylic acids is 1. The van der Waals surface area contributed by atoms with Crippen LogP contribution in [0.2, 0.25) is 5.15 Å². The van der Waals surface area contributed by atoms with Gasteiger partial charge in [0, 0.05) is 0 Å². The van der Waals surface area contributed by atoms with E-state index in [9.17, 15) is 24.8 Å². The lowest BCUT2D eigenvalue weighted by molar-refractivity contribution is -0.385. The third kappa shape index (κ3) is 4.94. The number of nitro benzene ring substituents is 1. The van der Waals surface area contributed by atoms with Crippen LogP contribution in [0.5, 0.6) is 11.5 Å². The van der Waals surface area contributed by atoms with Gasteiger partial charge in [0.15, 0.2) is 11.5 Å². The van der Waals surface area contributed by atoms with Crippen LogP contribution in [0, 0.1) is 10.1 Å². The molecule has 0 bridgehead atoms. The number of methoxy groups -OCH3 is 2. The highest BCUT2D eigenvalue weighted by Gasteiger charge is 2.30. The number of carboxylic acid groups (broad SMARTS) is 1. The lowest BCUT2D eigenvalue weighted by atomic mass is 10.1. The number of benzene rings is 1. The van der Waals surface area contributed by atoms with Crippen LogP contribution in [-0.2, 0) is 11.3 Å². The first kappa shape index (κ1) is 22.1. The molecule has 1 saturated carbocycles. The van der Waals surface area contributed by atoms with Gasteiger partial charge < -0.3 is 19.3 Å². The van der Waals surface area contributed by atoms with Gasteiger partial charge in [0.05, 0.1) is 36.3 Å². The molecule has 1 aliphatic rings. The number of nitrogens with zero attached hydrogens (tertiary/aromatic N) is 2. The van der Waals surface area contributed by atoms with E-state index < -0.39 is 23.6 Å². The van der Waals surface area contributed by atoms with Crippen LogP contribution in [0.15, 0.2) is 18.2 Å². The van der Waals surface area contributed by atoms with Crippen molar-refractivity contribution in [1.82, 2.24) is 4.98 Å². The van der Waals surface area contributed by atoms with Crippen LogP contribution in [0.1, 0.15) is 40.2 Å². The maximum absolute atomic E-state index is 12.3. The first-order valence-corrected chi connectivity index (χ1v) is 9.39. The van der Waals surface area contributed by atoms with E-state index in [1.165, 1.54) is 32.4 Å². The van der Waals surface area contributed by atoms with E-state index in [-0.39, 0.29) is 45.2 Å². The second-order valence-electron chi connectivity index (χ2n) is 6.64. The molecule has 164 valence electrons. The summed E-state index contributed by atoms with van der Waals surface area (Å²) < 4.78 is 15.3. The SMILES string of the molecule is COc1cc(COC(=O)Nc2nc(Cl)c(C(=O)O)cc2C2CC2)c([N+](=O)[O-])cc1OC. The van der Waals surface area contributed by atoms with Gasteiger partial charge in [-0.1, -0.05) is 11.6 Å². The summed E-state index contributed by atoms with van der Waals surface area (Å²) in [7, 11) is 2.72. The number of nitrogens with one attached hydrogen (secondary N) is 1. The fourth-order valence-electron chi connectivity index (χ4n) is 2.93. The number of anilines is 1. The minimum atomic E-state index is -1.23. The Bertz CT molecular complexity index is 1050. The minimum absolute atomic E-state index is 0.0603. The van der Waals surface area contributed by atoms with Crippen LogP contribution in [0.25, 0.3) is 0 Å². The number of hydrogen-bond donors (Lipinski definition) is 2. The summed E-state index contributed by atoms with van der Waals surface area (Å²) in [5, 5.41) is 22.7. The highest BCUT2D eigenvalue weighted by Crippen LogP contribution is 2.44. The molecule has 0 saturated heterocycles. The lowest BCUT2D eigenvalue weighted by Crippen LogP contribution is -2.17. The van der Waals surface area contributed by atoms with Crippen molar-refractivity contribution in [3.8, 4) is 11.5 Å². The third-order valence-corrected chi connectivity index (χ3v) is 4.90. The zero-order valence-electron chi connectivity index (χ0n) is 16.5. The largest absolute Gasteiger partial charge is 0.493 e. The molecule has 2 N–H and O–H groups in total. The molecular formula is C19H18ClN3O8.